The summed E-state index contributed by atoms with van der Waals surface area (Å²) >= 11 is 0. The summed E-state index contributed by atoms with van der Waals surface area (Å²) in [5, 5.41) is 2.87. The Morgan fingerprint density at radius 3 is 2.31 bits per heavy atom. The summed E-state index contributed by atoms with van der Waals surface area (Å²) in [6.07, 6.45) is 2.06. The van der Waals surface area contributed by atoms with Gasteiger partial charge in [0.1, 0.15) is 6.54 Å². The lowest BCUT2D eigenvalue weighted by molar-refractivity contribution is -0.119. The summed E-state index contributed by atoms with van der Waals surface area (Å²) < 4.78 is 39.0. The van der Waals surface area contributed by atoms with Crippen molar-refractivity contribution in [1.82, 2.24) is 5.32 Å². The molecule has 0 aliphatic carbocycles. The lowest BCUT2D eigenvalue weighted by atomic mass is 10.1. The van der Waals surface area contributed by atoms with Gasteiger partial charge in [0.05, 0.1) is 24.8 Å². The number of rotatable bonds is 12. The number of amides is 1. The number of benzene rings is 3. The second kappa shape index (κ2) is 12.4. The predicted octanol–water partition coefficient (Wildman–Crippen LogP) is 4.52. The molecular formula is C28H34N2O5S. The third-order valence-corrected chi connectivity index (χ3v) is 7.72. The first-order valence-electron chi connectivity index (χ1n) is 11.9. The Balaban J connectivity index is 1.71. The molecule has 0 aromatic heterocycles. The average Bonchev–Trinajstić information content (AvgIpc) is 2.89. The Hall–Kier alpha value is -3.52. The van der Waals surface area contributed by atoms with Crippen LogP contribution >= 0.6 is 0 Å². The smallest absolute Gasteiger partial charge is 0.264 e. The number of para-hydroxylation sites is 1. The van der Waals surface area contributed by atoms with Crippen LogP contribution in [0.15, 0.2) is 71.6 Å². The van der Waals surface area contributed by atoms with Gasteiger partial charge < -0.3 is 14.8 Å². The number of nitrogens with one attached hydrogen (secondary N) is 1. The summed E-state index contributed by atoms with van der Waals surface area (Å²) in [4.78, 5) is 13.1. The van der Waals surface area contributed by atoms with Crippen molar-refractivity contribution in [2.24, 2.45) is 0 Å². The number of carbonyl (C=O) groups excluding carboxylic acids is 1. The molecule has 192 valence electrons. The maximum atomic E-state index is 13.6. The highest BCUT2D eigenvalue weighted by Gasteiger charge is 2.28. The minimum absolute atomic E-state index is 0.153. The van der Waals surface area contributed by atoms with Crippen LogP contribution in [0.4, 0.5) is 5.69 Å². The average molecular weight is 511 g/mol. The van der Waals surface area contributed by atoms with Gasteiger partial charge in [-0.1, -0.05) is 48.9 Å². The van der Waals surface area contributed by atoms with Crippen LogP contribution in [0.2, 0.25) is 0 Å². The standard InChI is InChI=1S/C28H34N2O5S/c1-5-23-10-6-7-11-25(23)30(36(32,33)24-15-12-21(2)13-16-24)20-28(31)29-18-8-9-22-14-17-26(34-3)27(19-22)35-4/h6-7,10-17,19H,5,8-9,18,20H2,1-4H3,(H,29,31). The molecule has 1 amide bonds. The molecule has 0 atom stereocenters. The van der Waals surface area contributed by atoms with Crippen molar-refractivity contribution in [2.45, 2.75) is 38.0 Å². The van der Waals surface area contributed by atoms with Crippen molar-refractivity contribution in [2.75, 3.05) is 31.6 Å². The normalized spacial score (nSPS) is 11.1. The Bertz CT molecular complexity index is 1270. The molecule has 3 aromatic carbocycles. The van der Waals surface area contributed by atoms with Crippen LogP contribution in [-0.2, 0) is 27.7 Å². The van der Waals surface area contributed by atoms with E-state index in [-0.39, 0.29) is 17.3 Å². The van der Waals surface area contributed by atoms with Crippen molar-refractivity contribution in [1.29, 1.82) is 0 Å². The van der Waals surface area contributed by atoms with Crippen molar-refractivity contribution in [3.63, 3.8) is 0 Å². The van der Waals surface area contributed by atoms with E-state index < -0.39 is 10.0 Å². The minimum Gasteiger partial charge on any atom is -0.493 e. The van der Waals surface area contributed by atoms with Gasteiger partial charge in [0, 0.05) is 6.54 Å². The van der Waals surface area contributed by atoms with E-state index >= 15 is 0 Å². The second-order valence-corrected chi connectivity index (χ2v) is 10.3. The first-order chi connectivity index (χ1) is 17.3. The highest BCUT2D eigenvalue weighted by Crippen LogP contribution is 2.29. The number of hydrogen-bond acceptors (Lipinski definition) is 5. The van der Waals surface area contributed by atoms with E-state index in [4.69, 9.17) is 9.47 Å². The van der Waals surface area contributed by atoms with Crippen LogP contribution in [0.5, 0.6) is 11.5 Å². The Labute approximate surface area is 214 Å². The molecule has 8 heteroatoms. The highest BCUT2D eigenvalue weighted by atomic mass is 32.2. The lowest BCUT2D eigenvalue weighted by Gasteiger charge is -2.26. The Morgan fingerprint density at radius 1 is 0.944 bits per heavy atom. The van der Waals surface area contributed by atoms with Gasteiger partial charge in [0.15, 0.2) is 11.5 Å². The molecule has 0 aliphatic heterocycles. The van der Waals surface area contributed by atoms with E-state index in [0.29, 0.717) is 36.6 Å². The van der Waals surface area contributed by atoms with E-state index in [1.54, 1.807) is 50.6 Å². The quantitative estimate of drug-likeness (QED) is 0.362. The summed E-state index contributed by atoms with van der Waals surface area (Å²) in [6.45, 7) is 3.98. The number of sulfonamides is 1. The third-order valence-electron chi connectivity index (χ3n) is 5.95. The van der Waals surface area contributed by atoms with Gasteiger partial charge in [-0.25, -0.2) is 8.42 Å². The summed E-state index contributed by atoms with van der Waals surface area (Å²) in [5.74, 6) is 0.964. The van der Waals surface area contributed by atoms with E-state index in [9.17, 15) is 13.2 Å². The molecule has 3 rings (SSSR count). The first-order valence-corrected chi connectivity index (χ1v) is 13.4. The molecule has 0 fully saturated rings. The summed E-state index contributed by atoms with van der Waals surface area (Å²) in [5.41, 5.74) is 3.39. The zero-order chi connectivity index (χ0) is 26.1. The van der Waals surface area contributed by atoms with Gasteiger partial charge >= 0.3 is 0 Å². The zero-order valence-electron chi connectivity index (χ0n) is 21.3. The molecule has 0 bridgehead atoms. The number of anilines is 1. The van der Waals surface area contributed by atoms with Crippen LogP contribution in [-0.4, -0.2) is 41.6 Å². The van der Waals surface area contributed by atoms with Gasteiger partial charge in [-0.2, -0.15) is 0 Å². The van der Waals surface area contributed by atoms with Crippen molar-refractivity contribution >= 4 is 21.6 Å². The van der Waals surface area contributed by atoms with E-state index in [0.717, 1.165) is 23.1 Å². The molecule has 0 unspecified atom stereocenters. The Kier molecular flexibility index (Phi) is 9.36. The number of methoxy groups -OCH3 is 2. The van der Waals surface area contributed by atoms with Crippen molar-refractivity contribution in [3.05, 3.63) is 83.4 Å². The number of aryl methyl sites for hydroxylation is 3. The van der Waals surface area contributed by atoms with Gasteiger partial charge in [0.25, 0.3) is 10.0 Å². The maximum absolute atomic E-state index is 13.6. The SMILES string of the molecule is CCc1ccccc1N(CC(=O)NCCCc1ccc(OC)c(OC)c1)S(=O)(=O)c1ccc(C)cc1. The zero-order valence-corrected chi connectivity index (χ0v) is 22.1. The monoisotopic (exact) mass is 510 g/mol. The van der Waals surface area contributed by atoms with Crippen LogP contribution in [0.3, 0.4) is 0 Å². The van der Waals surface area contributed by atoms with Crippen LogP contribution in [0.1, 0.15) is 30.0 Å². The fourth-order valence-corrected chi connectivity index (χ4v) is 5.39. The number of ether oxygens (including phenoxy) is 2. The lowest BCUT2D eigenvalue weighted by Crippen LogP contribution is -2.41. The molecule has 36 heavy (non-hydrogen) atoms. The summed E-state index contributed by atoms with van der Waals surface area (Å²) in [7, 11) is -0.756. The van der Waals surface area contributed by atoms with E-state index in [2.05, 4.69) is 5.32 Å². The minimum atomic E-state index is -3.94. The third kappa shape index (κ3) is 6.57. The van der Waals surface area contributed by atoms with Gasteiger partial charge in [-0.05, 0) is 67.6 Å². The van der Waals surface area contributed by atoms with Gasteiger partial charge in [-0.15, -0.1) is 0 Å². The molecule has 0 spiro atoms. The van der Waals surface area contributed by atoms with E-state index in [1.165, 1.54) is 4.31 Å². The fraction of sp³-hybridized carbons (Fsp3) is 0.321. The Morgan fingerprint density at radius 2 is 1.64 bits per heavy atom. The summed E-state index contributed by atoms with van der Waals surface area (Å²) in [6, 6.07) is 19.7. The molecule has 0 saturated carbocycles. The van der Waals surface area contributed by atoms with Crippen LogP contribution in [0, 0.1) is 6.92 Å². The topological polar surface area (TPSA) is 84.9 Å². The van der Waals surface area contributed by atoms with Crippen molar-refractivity contribution in [3.8, 4) is 11.5 Å². The van der Waals surface area contributed by atoms with Gasteiger partial charge in [0.2, 0.25) is 5.91 Å². The molecule has 0 heterocycles. The first kappa shape index (κ1) is 27.1. The predicted molar refractivity (Wildman–Crippen MR) is 142 cm³/mol. The molecular weight excluding hydrogens is 476 g/mol. The molecule has 7 nitrogen and oxygen atoms in total. The number of hydrogen-bond donors (Lipinski definition) is 1. The van der Waals surface area contributed by atoms with Crippen LogP contribution < -0.4 is 19.1 Å². The molecule has 3 aromatic rings. The second-order valence-electron chi connectivity index (χ2n) is 8.45. The van der Waals surface area contributed by atoms with Gasteiger partial charge in [-0.3, -0.25) is 9.10 Å². The molecule has 1 N–H and O–H groups in total. The molecule has 0 saturated heterocycles. The number of carbonyl (C=O) groups is 1. The maximum Gasteiger partial charge on any atom is 0.264 e. The molecule has 0 aliphatic rings. The van der Waals surface area contributed by atoms with E-state index in [1.807, 2.05) is 44.2 Å². The number of nitrogens with zero attached hydrogens (tertiary/aromatic N) is 1. The van der Waals surface area contributed by atoms with Crippen molar-refractivity contribution < 1.29 is 22.7 Å². The fourth-order valence-electron chi connectivity index (χ4n) is 3.93. The molecule has 0 radical (unpaired) electrons. The van der Waals surface area contributed by atoms with Crippen LogP contribution in [0.25, 0.3) is 0 Å². The highest BCUT2D eigenvalue weighted by molar-refractivity contribution is 7.92. The largest absolute Gasteiger partial charge is 0.493 e.